The minimum Gasteiger partial charge on any atom is -0.497 e. The molecule has 9 heteroatoms. The molecule has 0 aliphatic rings. The molecule has 1 N–H and O–H groups in total. The number of fused-ring (bicyclic) bond motifs is 2. The van der Waals surface area contributed by atoms with Gasteiger partial charge in [0.2, 0.25) is 10.9 Å². The minimum atomic E-state index is 0.271. The van der Waals surface area contributed by atoms with Crippen LogP contribution in [-0.2, 0) is 0 Å². The van der Waals surface area contributed by atoms with Crippen molar-refractivity contribution >= 4 is 50.7 Å². The van der Waals surface area contributed by atoms with Gasteiger partial charge in [-0.2, -0.15) is 4.98 Å². The molecular weight excluding hydrogens is 396 g/mol. The summed E-state index contributed by atoms with van der Waals surface area (Å²) in [6.45, 7) is 0. The molecule has 3 heterocycles. The highest BCUT2D eigenvalue weighted by Crippen LogP contribution is 2.29. The summed E-state index contributed by atoms with van der Waals surface area (Å²) in [7, 11) is 1.65. The largest absolute Gasteiger partial charge is 0.497 e. The van der Waals surface area contributed by atoms with Crippen molar-refractivity contribution in [3.05, 3.63) is 59.1 Å². The molecule has 2 aromatic carbocycles. The molecule has 0 aliphatic heterocycles. The second-order valence-corrected chi connectivity index (χ2v) is 7.15. The molecule has 0 bridgehead atoms. The molecule has 0 atom stereocenters. The van der Waals surface area contributed by atoms with Crippen LogP contribution in [0.4, 0.5) is 11.8 Å². The molecule has 0 saturated carbocycles. The van der Waals surface area contributed by atoms with Crippen LogP contribution >= 0.6 is 22.9 Å². The molecule has 0 radical (unpaired) electrons. The number of para-hydroxylation sites is 2. The predicted octanol–water partition coefficient (Wildman–Crippen LogP) is 4.81. The molecular formula is C19H13ClN6OS. The predicted molar refractivity (Wildman–Crippen MR) is 111 cm³/mol. The molecule has 138 valence electrons. The fourth-order valence-electron chi connectivity index (χ4n) is 2.86. The van der Waals surface area contributed by atoms with Gasteiger partial charge in [-0.25, -0.2) is 14.5 Å². The first kappa shape index (κ1) is 16.9. The van der Waals surface area contributed by atoms with Gasteiger partial charge in [-0.1, -0.05) is 23.7 Å². The van der Waals surface area contributed by atoms with E-state index in [0.717, 1.165) is 33.0 Å². The summed E-state index contributed by atoms with van der Waals surface area (Å²) in [5.74, 6) is 1.64. The number of aromatic nitrogens is 5. The van der Waals surface area contributed by atoms with E-state index in [1.54, 1.807) is 11.6 Å². The summed E-state index contributed by atoms with van der Waals surface area (Å²) in [6.07, 6.45) is 0. The lowest BCUT2D eigenvalue weighted by molar-refractivity contribution is 0.415. The van der Waals surface area contributed by atoms with Crippen molar-refractivity contribution in [3.8, 4) is 17.0 Å². The monoisotopic (exact) mass is 408 g/mol. The highest BCUT2D eigenvalue weighted by molar-refractivity contribution is 7.15. The third-order valence-corrected chi connectivity index (χ3v) is 5.31. The average Bonchev–Trinajstić information content (AvgIpc) is 3.29. The van der Waals surface area contributed by atoms with Crippen molar-refractivity contribution < 1.29 is 4.74 Å². The van der Waals surface area contributed by atoms with Crippen LogP contribution in [0.15, 0.2) is 53.9 Å². The number of ether oxygens (including phenoxy) is 1. The fraction of sp³-hybridized carbons (Fsp3) is 0.0526. The number of halogens is 1. The van der Waals surface area contributed by atoms with E-state index in [9.17, 15) is 0 Å². The van der Waals surface area contributed by atoms with E-state index in [2.05, 4.69) is 25.4 Å². The van der Waals surface area contributed by atoms with Crippen molar-refractivity contribution in [2.24, 2.45) is 0 Å². The average molecular weight is 409 g/mol. The smallest absolute Gasteiger partial charge is 0.249 e. The summed E-state index contributed by atoms with van der Waals surface area (Å²) < 4.78 is 7.01. The Hall–Kier alpha value is -3.23. The highest BCUT2D eigenvalue weighted by atomic mass is 35.5. The Morgan fingerprint density at radius 3 is 2.50 bits per heavy atom. The van der Waals surface area contributed by atoms with Gasteiger partial charge in [0, 0.05) is 10.9 Å². The Balaban J connectivity index is 1.50. The van der Waals surface area contributed by atoms with Gasteiger partial charge >= 0.3 is 0 Å². The summed E-state index contributed by atoms with van der Waals surface area (Å²) >= 11 is 7.78. The molecule has 3 aromatic heterocycles. The Kier molecular flexibility index (Phi) is 4.07. The normalized spacial score (nSPS) is 11.2. The fourth-order valence-corrected chi connectivity index (χ4v) is 3.87. The number of rotatable bonds is 4. The molecule has 0 amide bonds. The van der Waals surface area contributed by atoms with Crippen molar-refractivity contribution in [1.29, 1.82) is 0 Å². The zero-order valence-electron chi connectivity index (χ0n) is 14.6. The Morgan fingerprint density at radius 2 is 1.75 bits per heavy atom. The summed E-state index contributed by atoms with van der Waals surface area (Å²) in [6, 6.07) is 15.3. The third kappa shape index (κ3) is 2.92. The Labute approximate surface area is 168 Å². The molecule has 5 rings (SSSR count). The molecule has 7 nitrogen and oxygen atoms in total. The van der Waals surface area contributed by atoms with Gasteiger partial charge in [0.25, 0.3) is 0 Å². The number of anilines is 2. The van der Waals surface area contributed by atoms with E-state index >= 15 is 0 Å². The maximum absolute atomic E-state index is 6.27. The standard InChI is InChI=1S/C19H13ClN6OS/c1-27-12-8-6-11(7-9-12)15-10-28-19-24-18(25-26(15)19)23-17-16(20)21-13-4-2-3-5-14(13)22-17/h2-10H,1H3,(H,22,23,25). The lowest BCUT2D eigenvalue weighted by Gasteiger charge is -2.05. The zero-order valence-corrected chi connectivity index (χ0v) is 16.2. The number of nitrogens with one attached hydrogen (secondary N) is 1. The van der Waals surface area contributed by atoms with E-state index in [4.69, 9.17) is 16.3 Å². The second-order valence-electron chi connectivity index (χ2n) is 5.96. The SMILES string of the molecule is COc1ccc(-c2csc3nc(Nc4nc5ccccc5nc4Cl)nn23)cc1. The molecule has 0 fully saturated rings. The molecule has 0 aliphatic carbocycles. The van der Waals surface area contributed by atoms with Crippen molar-refractivity contribution in [2.75, 3.05) is 12.4 Å². The zero-order chi connectivity index (χ0) is 19.1. The first-order valence-corrected chi connectivity index (χ1v) is 9.65. The van der Waals surface area contributed by atoms with Gasteiger partial charge in [-0.05, 0) is 36.4 Å². The van der Waals surface area contributed by atoms with Crippen LogP contribution in [0.1, 0.15) is 0 Å². The third-order valence-electron chi connectivity index (χ3n) is 4.23. The van der Waals surface area contributed by atoms with Gasteiger partial charge in [0.1, 0.15) is 5.75 Å². The van der Waals surface area contributed by atoms with E-state index in [0.29, 0.717) is 11.8 Å². The lowest BCUT2D eigenvalue weighted by atomic mass is 10.2. The number of hydrogen-bond donors (Lipinski definition) is 1. The summed E-state index contributed by atoms with van der Waals surface area (Å²) in [5, 5.41) is 9.92. The Morgan fingerprint density at radius 1 is 1.00 bits per heavy atom. The number of hydrogen-bond acceptors (Lipinski definition) is 7. The first-order valence-electron chi connectivity index (χ1n) is 8.39. The van der Waals surface area contributed by atoms with E-state index in [1.807, 2.05) is 53.9 Å². The number of thiazole rings is 1. The van der Waals surface area contributed by atoms with Gasteiger partial charge in [-0.3, -0.25) is 0 Å². The van der Waals surface area contributed by atoms with Crippen LogP contribution in [0.25, 0.3) is 27.3 Å². The number of nitrogens with zero attached hydrogens (tertiary/aromatic N) is 5. The summed E-state index contributed by atoms with van der Waals surface area (Å²) in [5.41, 5.74) is 3.44. The number of benzene rings is 2. The van der Waals surface area contributed by atoms with E-state index in [1.165, 1.54) is 11.3 Å². The van der Waals surface area contributed by atoms with Crippen molar-refractivity contribution in [3.63, 3.8) is 0 Å². The lowest BCUT2D eigenvalue weighted by Crippen LogP contribution is -1.99. The van der Waals surface area contributed by atoms with Gasteiger partial charge < -0.3 is 10.1 Å². The quantitative estimate of drug-likeness (QED) is 0.460. The molecule has 0 spiro atoms. The minimum absolute atomic E-state index is 0.271. The van der Waals surface area contributed by atoms with Crippen molar-refractivity contribution in [1.82, 2.24) is 24.6 Å². The van der Waals surface area contributed by atoms with Crippen LogP contribution in [0.2, 0.25) is 5.15 Å². The molecule has 0 saturated heterocycles. The molecule has 5 aromatic rings. The molecule has 0 unspecified atom stereocenters. The van der Waals surface area contributed by atoms with Crippen LogP contribution in [0.5, 0.6) is 5.75 Å². The van der Waals surface area contributed by atoms with Gasteiger partial charge in [0.05, 0.1) is 23.8 Å². The van der Waals surface area contributed by atoms with Crippen LogP contribution in [0, 0.1) is 0 Å². The second kappa shape index (κ2) is 6.74. The van der Waals surface area contributed by atoms with Crippen molar-refractivity contribution in [2.45, 2.75) is 0 Å². The maximum Gasteiger partial charge on any atom is 0.249 e. The number of methoxy groups -OCH3 is 1. The maximum atomic E-state index is 6.27. The van der Waals surface area contributed by atoms with Gasteiger partial charge in [0.15, 0.2) is 11.0 Å². The first-order chi connectivity index (χ1) is 13.7. The molecule has 28 heavy (non-hydrogen) atoms. The van der Waals surface area contributed by atoms with Crippen LogP contribution in [-0.4, -0.2) is 31.7 Å². The van der Waals surface area contributed by atoms with Crippen LogP contribution < -0.4 is 10.1 Å². The summed E-state index contributed by atoms with van der Waals surface area (Å²) in [4.78, 5) is 14.2. The van der Waals surface area contributed by atoms with Crippen LogP contribution in [0.3, 0.4) is 0 Å². The van der Waals surface area contributed by atoms with Gasteiger partial charge in [-0.15, -0.1) is 16.4 Å². The van der Waals surface area contributed by atoms with E-state index < -0.39 is 0 Å². The van der Waals surface area contributed by atoms with E-state index in [-0.39, 0.29) is 5.15 Å². The highest BCUT2D eigenvalue weighted by Gasteiger charge is 2.14. The Bertz CT molecular complexity index is 1300. The topological polar surface area (TPSA) is 77.2 Å².